The van der Waals surface area contributed by atoms with Gasteiger partial charge in [0.2, 0.25) is 0 Å². The van der Waals surface area contributed by atoms with Crippen LogP contribution in [0.3, 0.4) is 0 Å². The summed E-state index contributed by atoms with van der Waals surface area (Å²) in [5.41, 5.74) is 7.29. The van der Waals surface area contributed by atoms with Crippen molar-refractivity contribution >= 4 is 22.9 Å². The lowest BCUT2D eigenvalue weighted by Crippen LogP contribution is -2.40. The molecule has 0 amide bonds. The monoisotopic (exact) mass is 265 g/mol. The number of pyridine rings is 1. The van der Waals surface area contributed by atoms with Gasteiger partial charge in [0.05, 0.1) is 17.6 Å². The maximum absolute atomic E-state index is 9.12. The minimum Gasteiger partial charge on any atom is -0.396 e. The van der Waals surface area contributed by atoms with Crippen LogP contribution in [-0.2, 0) is 0 Å². The van der Waals surface area contributed by atoms with Gasteiger partial charge in [0.1, 0.15) is 4.99 Å². The lowest BCUT2D eigenvalue weighted by Gasteiger charge is -2.37. The molecule has 5 heteroatoms. The van der Waals surface area contributed by atoms with Crippen molar-refractivity contribution in [1.29, 1.82) is 0 Å². The van der Waals surface area contributed by atoms with E-state index in [2.05, 4.69) is 9.88 Å². The lowest BCUT2D eigenvalue weighted by molar-refractivity contribution is 0.262. The van der Waals surface area contributed by atoms with Crippen molar-refractivity contribution in [2.24, 2.45) is 5.73 Å². The van der Waals surface area contributed by atoms with Crippen molar-refractivity contribution in [3.63, 3.8) is 0 Å². The summed E-state index contributed by atoms with van der Waals surface area (Å²) >= 11 is 4.90. The van der Waals surface area contributed by atoms with Crippen LogP contribution in [-0.4, -0.2) is 34.3 Å². The summed E-state index contributed by atoms with van der Waals surface area (Å²) in [6.07, 6.45) is 6.21. The van der Waals surface area contributed by atoms with Crippen LogP contribution in [0.15, 0.2) is 18.3 Å². The standard InChI is InChI=1S/C13H19N3OS/c14-13(18)12-5-4-11(9-15-12)16-7-2-1-3-10(16)6-8-17/h4-5,9-10,17H,1-3,6-8H2,(H2,14,18). The fourth-order valence-corrected chi connectivity index (χ4v) is 2.61. The number of nitrogens with two attached hydrogens (primary N) is 1. The number of nitrogens with zero attached hydrogens (tertiary/aromatic N) is 2. The van der Waals surface area contributed by atoms with E-state index in [1.165, 1.54) is 12.8 Å². The molecule has 0 bridgehead atoms. The minimum atomic E-state index is 0.236. The fourth-order valence-electron chi connectivity index (χ4n) is 2.49. The molecule has 1 saturated heterocycles. The van der Waals surface area contributed by atoms with Crippen molar-refractivity contribution in [2.75, 3.05) is 18.1 Å². The molecular formula is C13H19N3OS. The van der Waals surface area contributed by atoms with E-state index >= 15 is 0 Å². The number of anilines is 1. The average Bonchev–Trinajstić information content (AvgIpc) is 2.40. The van der Waals surface area contributed by atoms with Crippen LogP contribution in [0.25, 0.3) is 0 Å². The molecule has 2 heterocycles. The molecule has 98 valence electrons. The Kier molecular flexibility index (Phi) is 4.49. The van der Waals surface area contributed by atoms with Crippen molar-refractivity contribution < 1.29 is 5.11 Å². The van der Waals surface area contributed by atoms with E-state index in [0.29, 0.717) is 16.7 Å². The molecule has 1 unspecified atom stereocenters. The average molecular weight is 265 g/mol. The van der Waals surface area contributed by atoms with E-state index in [1.54, 1.807) is 0 Å². The molecule has 0 aromatic carbocycles. The third kappa shape index (κ3) is 2.97. The predicted molar refractivity (Wildman–Crippen MR) is 76.8 cm³/mol. The lowest BCUT2D eigenvalue weighted by atomic mass is 9.99. The molecule has 3 N–H and O–H groups in total. The number of hydrogen-bond donors (Lipinski definition) is 2. The molecule has 0 radical (unpaired) electrons. The second kappa shape index (κ2) is 6.11. The first-order valence-electron chi connectivity index (χ1n) is 6.35. The largest absolute Gasteiger partial charge is 0.396 e. The zero-order valence-electron chi connectivity index (χ0n) is 10.4. The first-order chi connectivity index (χ1) is 8.72. The Balaban J connectivity index is 2.15. The third-order valence-corrected chi connectivity index (χ3v) is 3.63. The smallest absolute Gasteiger partial charge is 0.122 e. The Morgan fingerprint density at radius 1 is 1.50 bits per heavy atom. The zero-order chi connectivity index (χ0) is 13.0. The molecular weight excluding hydrogens is 246 g/mol. The van der Waals surface area contributed by atoms with E-state index in [4.69, 9.17) is 23.1 Å². The Morgan fingerprint density at radius 3 is 2.94 bits per heavy atom. The summed E-state index contributed by atoms with van der Waals surface area (Å²) in [7, 11) is 0. The molecule has 2 rings (SSSR count). The van der Waals surface area contributed by atoms with E-state index in [1.807, 2.05) is 18.3 Å². The second-order valence-electron chi connectivity index (χ2n) is 4.62. The van der Waals surface area contributed by atoms with Crippen molar-refractivity contribution in [1.82, 2.24) is 4.98 Å². The van der Waals surface area contributed by atoms with Gasteiger partial charge in [-0.2, -0.15) is 0 Å². The molecule has 1 aromatic rings. The highest BCUT2D eigenvalue weighted by Crippen LogP contribution is 2.25. The van der Waals surface area contributed by atoms with Gasteiger partial charge in [-0.05, 0) is 37.8 Å². The van der Waals surface area contributed by atoms with Gasteiger partial charge in [0, 0.05) is 19.2 Å². The molecule has 1 atom stereocenters. The van der Waals surface area contributed by atoms with Crippen molar-refractivity contribution in [3.8, 4) is 0 Å². The maximum atomic E-state index is 9.12. The molecule has 1 aliphatic rings. The highest BCUT2D eigenvalue weighted by atomic mass is 32.1. The Labute approximate surface area is 113 Å². The van der Waals surface area contributed by atoms with Gasteiger partial charge < -0.3 is 15.7 Å². The van der Waals surface area contributed by atoms with Crippen LogP contribution in [0, 0.1) is 0 Å². The number of aliphatic hydroxyl groups is 1. The fraction of sp³-hybridized carbons (Fsp3) is 0.538. The van der Waals surface area contributed by atoms with Gasteiger partial charge >= 0.3 is 0 Å². The van der Waals surface area contributed by atoms with Gasteiger partial charge in [0.15, 0.2) is 0 Å². The normalized spacial score (nSPS) is 19.8. The SMILES string of the molecule is NC(=S)c1ccc(N2CCCCC2CCO)cn1. The molecule has 0 saturated carbocycles. The highest BCUT2D eigenvalue weighted by Gasteiger charge is 2.22. The summed E-state index contributed by atoms with van der Waals surface area (Å²) in [5, 5.41) is 9.12. The minimum absolute atomic E-state index is 0.236. The van der Waals surface area contributed by atoms with Gasteiger partial charge in [-0.15, -0.1) is 0 Å². The number of thiocarbonyl (C=S) groups is 1. The van der Waals surface area contributed by atoms with Crippen LogP contribution in [0.4, 0.5) is 5.69 Å². The molecule has 1 aliphatic heterocycles. The Morgan fingerprint density at radius 2 is 2.33 bits per heavy atom. The van der Waals surface area contributed by atoms with Crippen LogP contribution in [0.2, 0.25) is 0 Å². The van der Waals surface area contributed by atoms with E-state index in [-0.39, 0.29) is 6.61 Å². The molecule has 0 aliphatic carbocycles. The van der Waals surface area contributed by atoms with Gasteiger partial charge in [0.25, 0.3) is 0 Å². The summed E-state index contributed by atoms with van der Waals surface area (Å²) < 4.78 is 0. The highest BCUT2D eigenvalue weighted by molar-refractivity contribution is 7.80. The number of aromatic nitrogens is 1. The van der Waals surface area contributed by atoms with Crippen LogP contribution < -0.4 is 10.6 Å². The summed E-state index contributed by atoms with van der Waals surface area (Å²) in [4.78, 5) is 6.93. The number of aliphatic hydroxyl groups excluding tert-OH is 1. The number of piperidine rings is 1. The summed E-state index contributed by atoms with van der Waals surface area (Å²) in [6, 6.07) is 4.29. The van der Waals surface area contributed by atoms with Gasteiger partial charge in [-0.3, -0.25) is 4.98 Å². The third-order valence-electron chi connectivity index (χ3n) is 3.42. The van der Waals surface area contributed by atoms with Crippen molar-refractivity contribution in [2.45, 2.75) is 31.7 Å². The number of hydrogen-bond acceptors (Lipinski definition) is 4. The summed E-state index contributed by atoms with van der Waals surface area (Å²) in [5.74, 6) is 0. The Hall–Kier alpha value is -1.20. The van der Waals surface area contributed by atoms with Gasteiger partial charge in [-0.25, -0.2) is 0 Å². The van der Waals surface area contributed by atoms with Crippen LogP contribution in [0.5, 0.6) is 0 Å². The van der Waals surface area contributed by atoms with Gasteiger partial charge in [-0.1, -0.05) is 12.2 Å². The van der Waals surface area contributed by atoms with Crippen LogP contribution >= 0.6 is 12.2 Å². The Bertz CT molecular complexity index is 405. The first kappa shape index (κ1) is 13.2. The predicted octanol–water partition coefficient (Wildman–Crippen LogP) is 1.46. The molecule has 1 aromatic heterocycles. The molecule has 18 heavy (non-hydrogen) atoms. The molecule has 0 spiro atoms. The maximum Gasteiger partial charge on any atom is 0.122 e. The van der Waals surface area contributed by atoms with Crippen LogP contribution in [0.1, 0.15) is 31.4 Å². The topological polar surface area (TPSA) is 62.4 Å². The van der Waals surface area contributed by atoms with Crippen molar-refractivity contribution in [3.05, 3.63) is 24.0 Å². The van der Waals surface area contributed by atoms with E-state index in [9.17, 15) is 0 Å². The first-order valence-corrected chi connectivity index (χ1v) is 6.76. The zero-order valence-corrected chi connectivity index (χ0v) is 11.2. The van der Waals surface area contributed by atoms with E-state index < -0.39 is 0 Å². The number of rotatable bonds is 4. The summed E-state index contributed by atoms with van der Waals surface area (Å²) in [6.45, 7) is 1.26. The quantitative estimate of drug-likeness (QED) is 0.807. The second-order valence-corrected chi connectivity index (χ2v) is 5.06. The molecule has 4 nitrogen and oxygen atoms in total. The van der Waals surface area contributed by atoms with E-state index in [0.717, 1.165) is 25.1 Å². The molecule has 1 fully saturated rings.